The van der Waals surface area contributed by atoms with Crippen LogP contribution in [0, 0.1) is 25.1 Å². The molecule has 7 aromatic carbocycles. The Bertz CT molecular complexity index is 3850. The summed E-state index contributed by atoms with van der Waals surface area (Å²) in [6.07, 6.45) is 0.563. The summed E-state index contributed by atoms with van der Waals surface area (Å²) in [4.78, 5) is 14.5. The van der Waals surface area contributed by atoms with Gasteiger partial charge in [0.25, 0.3) is 0 Å². The van der Waals surface area contributed by atoms with Crippen LogP contribution in [0.15, 0.2) is 193 Å². The average molecular weight is 1100 g/mol. The van der Waals surface area contributed by atoms with Crippen LogP contribution in [0.5, 0.6) is 0 Å². The molecule has 0 saturated heterocycles. The van der Waals surface area contributed by atoms with Gasteiger partial charge in [-0.2, -0.15) is 0 Å². The Hall–Kier alpha value is -7.30. The van der Waals surface area contributed by atoms with E-state index in [9.17, 15) is 5.48 Å². The molecule has 4 aromatic heterocycles. The van der Waals surface area contributed by atoms with Crippen LogP contribution in [0.2, 0.25) is 0 Å². The molecule has 0 radical (unpaired) electrons. The summed E-state index contributed by atoms with van der Waals surface area (Å²) in [5.74, 6) is 0. The van der Waals surface area contributed by atoms with Crippen molar-refractivity contribution in [2.45, 2.75) is 71.0 Å². The van der Waals surface area contributed by atoms with Crippen molar-refractivity contribution in [3.63, 3.8) is 0 Å². The number of aryl methyl sites for hydroxylation is 3. The number of hydrogen-bond donors (Lipinski definition) is 0. The monoisotopic (exact) mass is 1100 g/mol. The summed E-state index contributed by atoms with van der Waals surface area (Å²) in [6, 6.07) is 63.0. The summed E-state index contributed by atoms with van der Waals surface area (Å²) in [6.45, 7) is 5.94. The van der Waals surface area contributed by atoms with Gasteiger partial charge in [-0.1, -0.05) is 148 Å². The molecule has 71 heavy (non-hydrogen) atoms. The van der Waals surface area contributed by atoms with Crippen LogP contribution in [0.4, 0.5) is 0 Å². The Morgan fingerprint density at radius 3 is 1.75 bits per heavy atom. The van der Waals surface area contributed by atoms with Crippen molar-refractivity contribution in [2.75, 3.05) is 0 Å². The van der Waals surface area contributed by atoms with E-state index in [2.05, 4.69) is 70.2 Å². The Morgan fingerprint density at radius 1 is 0.507 bits per heavy atom. The molecule has 348 valence electrons. The number of furan rings is 1. The first-order chi connectivity index (χ1) is 36.8. The van der Waals surface area contributed by atoms with Crippen LogP contribution in [0.1, 0.15) is 76.2 Å². The number of aromatic nitrogens is 3. The van der Waals surface area contributed by atoms with Crippen LogP contribution in [-0.2, 0) is 56.5 Å². The molecular formula is C66H54IrN3O. The standard InChI is InChI=1S/C66H54N3O.Ir/c1-44-17-12-14-23-54(44)59-38-62(58-26-16-25-56-57-32-29-48-18-13-15-24-55(48)63(57)70-64(56)58)67-41-51(59)28-27-45-35-46(39-65(2,3)52-30-33-60(68-42-52)49-19-8-6-9-20-49)37-47(36-45)40-66(4,5)53-31-34-61(69-43-53)50-21-10-7-11-22-50;/h6-19,21,23-25,29-38,41-43H,27-28,39-40H2,1-5H3;/q-3;+3/i1D3,27D2,28D2;. The van der Waals surface area contributed by atoms with Gasteiger partial charge in [-0.3, -0.25) is 0 Å². The first kappa shape index (κ1) is 39.4. The fourth-order valence-electron chi connectivity index (χ4n) is 9.71. The van der Waals surface area contributed by atoms with Crippen LogP contribution >= 0.6 is 0 Å². The average Bonchev–Trinajstić information content (AvgIpc) is 4.01. The summed E-state index contributed by atoms with van der Waals surface area (Å²) < 4.78 is 73.0. The van der Waals surface area contributed by atoms with E-state index >= 15 is 0 Å². The van der Waals surface area contributed by atoms with Gasteiger partial charge >= 0.3 is 20.1 Å². The van der Waals surface area contributed by atoms with E-state index in [1.807, 2.05) is 109 Å². The predicted octanol–water partition coefficient (Wildman–Crippen LogP) is 16.1. The van der Waals surface area contributed by atoms with E-state index < -0.39 is 30.4 Å². The summed E-state index contributed by atoms with van der Waals surface area (Å²) in [5, 5.41) is 3.71. The Balaban J connectivity index is 0.00000688. The maximum atomic E-state index is 10.1. The van der Waals surface area contributed by atoms with Crippen LogP contribution in [0.25, 0.3) is 77.6 Å². The van der Waals surface area contributed by atoms with Crippen LogP contribution in [0.3, 0.4) is 0 Å². The maximum absolute atomic E-state index is 10.1. The van der Waals surface area contributed by atoms with Crippen LogP contribution < -0.4 is 0 Å². The van der Waals surface area contributed by atoms with Crippen molar-refractivity contribution in [2.24, 2.45) is 0 Å². The fourth-order valence-corrected chi connectivity index (χ4v) is 9.71. The van der Waals surface area contributed by atoms with E-state index in [-0.39, 0.29) is 47.9 Å². The number of fused-ring (bicyclic) bond motifs is 5. The van der Waals surface area contributed by atoms with E-state index in [0.717, 1.165) is 66.3 Å². The minimum Gasteiger partial charge on any atom is -0.500 e. The second-order valence-electron chi connectivity index (χ2n) is 19.3. The number of benzene rings is 7. The second kappa shape index (κ2) is 19.8. The van der Waals surface area contributed by atoms with Gasteiger partial charge in [-0.05, 0) is 116 Å². The van der Waals surface area contributed by atoms with Gasteiger partial charge in [0.15, 0.2) is 0 Å². The minimum absolute atomic E-state index is 0. The van der Waals surface area contributed by atoms with E-state index in [0.29, 0.717) is 35.3 Å². The minimum atomic E-state index is -2.80. The van der Waals surface area contributed by atoms with E-state index in [4.69, 9.17) is 23.5 Å². The van der Waals surface area contributed by atoms with Gasteiger partial charge in [0.05, 0.1) is 5.58 Å². The summed E-state index contributed by atoms with van der Waals surface area (Å²) >= 11 is 0. The normalized spacial score (nSPS) is 13.9. The van der Waals surface area contributed by atoms with Crippen molar-refractivity contribution in [1.82, 2.24) is 15.0 Å². The number of rotatable bonds is 13. The molecule has 0 unspecified atom stereocenters. The van der Waals surface area contributed by atoms with Crippen molar-refractivity contribution in [3.05, 3.63) is 246 Å². The van der Waals surface area contributed by atoms with Gasteiger partial charge in [-0.15, -0.1) is 90.0 Å². The zero-order valence-electron chi connectivity index (χ0n) is 46.9. The van der Waals surface area contributed by atoms with E-state index in [1.54, 1.807) is 42.5 Å². The largest absolute Gasteiger partial charge is 3.00 e. The summed E-state index contributed by atoms with van der Waals surface area (Å²) in [5.41, 5.74) is 8.53. The third kappa shape index (κ3) is 9.78. The van der Waals surface area contributed by atoms with Crippen molar-refractivity contribution >= 4 is 32.7 Å². The van der Waals surface area contributed by atoms with Gasteiger partial charge in [-0.25, -0.2) is 0 Å². The molecule has 4 heterocycles. The summed E-state index contributed by atoms with van der Waals surface area (Å²) in [7, 11) is 0. The first-order valence-corrected chi connectivity index (χ1v) is 23.6. The molecule has 0 spiro atoms. The third-order valence-corrected chi connectivity index (χ3v) is 13.4. The second-order valence-corrected chi connectivity index (χ2v) is 19.3. The zero-order chi connectivity index (χ0) is 53.9. The molecule has 11 aromatic rings. The van der Waals surface area contributed by atoms with Gasteiger partial charge in [0, 0.05) is 39.0 Å². The molecule has 5 heteroatoms. The third-order valence-electron chi connectivity index (χ3n) is 13.4. The molecule has 0 aliphatic heterocycles. The van der Waals surface area contributed by atoms with Crippen molar-refractivity contribution < 1.29 is 34.1 Å². The molecular weight excluding hydrogens is 1040 g/mol. The topological polar surface area (TPSA) is 51.8 Å². The Kier molecular flexibility index (Phi) is 11.0. The quantitative estimate of drug-likeness (QED) is 0.108. The smallest absolute Gasteiger partial charge is 0.500 e. The predicted molar refractivity (Wildman–Crippen MR) is 288 cm³/mol. The first-order valence-electron chi connectivity index (χ1n) is 27.1. The van der Waals surface area contributed by atoms with Gasteiger partial charge in [0.2, 0.25) is 0 Å². The number of nitrogens with zero attached hydrogens (tertiary/aromatic N) is 3. The molecule has 0 bridgehead atoms. The zero-order valence-corrected chi connectivity index (χ0v) is 42.3. The molecule has 4 nitrogen and oxygen atoms in total. The van der Waals surface area contributed by atoms with Crippen LogP contribution in [-0.4, -0.2) is 15.0 Å². The van der Waals surface area contributed by atoms with Crippen molar-refractivity contribution in [3.8, 4) is 44.9 Å². The molecule has 0 fully saturated rings. The molecule has 0 saturated carbocycles. The molecule has 0 aliphatic carbocycles. The number of pyridine rings is 3. The SMILES string of the molecule is [2H]C([2H])([2H])c1ccccc1-c1cc(-c2[c-]ccc3c2oc2c4ccccc4ccc32)ncc1C([2H])([2H])C([2H])([2H])c1cc(CC(C)(C)c2ccc(-c3[c-]cccc3)nc2)cc(CC(C)(C)c2ccc(-c3[c-]cccc3)nc2)c1.[Ir+3]. The Morgan fingerprint density at radius 2 is 1.11 bits per heavy atom. The van der Waals surface area contributed by atoms with Crippen molar-refractivity contribution in [1.29, 1.82) is 0 Å². The molecule has 0 N–H and O–H groups in total. The maximum Gasteiger partial charge on any atom is 3.00 e. The number of hydrogen-bond acceptors (Lipinski definition) is 4. The molecule has 0 aliphatic rings. The molecule has 11 rings (SSSR count). The fraction of sp³-hybridized carbons (Fsp3) is 0.167. The van der Waals surface area contributed by atoms with Gasteiger partial charge in [0.1, 0.15) is 5.58 Å². The molecule has 0 atom stereocenters. The molecule has 0 amide bonds. The van der Waals surface area contributed by atoms with E-state index in [1.165, 1.54) is 12.3 Å². The Labute approximate surface area is 441 Å². The van der Waals surface area contributed by atoms with Gasteiger partial charge < -0.3 is 19.4 Å².